The van der Waals surface area contributed by atoms with Crippen LogP contribution in [0.2, 0.25) is 0 Å². The Morgan fingerprint density at radius 3 is 2.44 bits per heavy atom. The zero-order valence-corrected chi connectivity index (χ0v) is 28.3. The van der Waals surface area contributed by atoms with Gasteiger partial charge in [-0.3, -0.25) is 4.98 Å². The monoisotopic (exact) mass is 774 g/mol. The van der Waals surface area contributed by atoms with Crippen molar-refractivity contribution in [2.24, 2.45) is 0 Å². The van der Waals surface area contributed by atoms with E-state index in [1.54, 1.807) is 14.2 Å². The number of hydrogen-bond donors (Lipinski definition) is 0. The van der Waals surface area contributed by atoms with E-state index in [1.807, 2.05) is 48.9 Å². The number of rotatable bonds is 4. The molecule has 6 aromatic rings. The van der Waals surface area contributed by atoms with Crippen LogP contribution in [0.15, 0.2) is 79.3 Å². The maximum atomic E-state index is 6.19. The normalized spacial score (nSPS) is 14.4. The number of pyridine rings is 1. The van der Waals surface area contributed by atoms with E-state index in [0.29, 0.717) is 11.5 Å². The summed E-state index contributed by atoms with van der Waals surface area (Å²) in [6, 6.07) is 27.0. The quantitative estimate of drug-likeness (QED) is 0.133. The van der Waals surface area contributed by atoms with E-state index in [-0.39, 0.29) is 25.5 Å². The Hall–Kier alpha value is -4.19. The largest absolute Gasteiger partial charge is 0.536 e. The first-order chi connectivity index (χ1) is 21.5. The SMILES string of the molecule is COc1[c-]c2c(ccc3c4c(cnc32)C2(CCCC2)CO4)cc1OC.Cc1cccc(C)c1-n1ccnc1-c1[c-]cccc1.[Ir]. The number of para-hydroxylation sites is 1. The summed E-state index contributed by atoms with van der Waals surface area (Å²) in [5, 5.41) is 3.04. The van der Waals surface area contributed by atoms with Crippen molar-refractivity contribution in [3.8, 4) is 34.3 Å². The third-order valence-corrected chi connectivity index (χ3v) is 9.09. The number of nitrogens with zero attached hydrogens (tertiary/aromatic N) is 3. The molecule has 1 fully saturated rings. The molecule has 2 aromatic heterocycles. The molecule has 1 aliphatic carbocycles. The molecule has 1 saturated carbocycles. The number of ether oxygens (including phenoxy) is 3. The molecular formula is C38H35IrN3O3-2. The van der Waals surface area contributed by atoms with Crippen LogP contribution in [0.3, 0.4) is 0 Å². The molecule has 0 unspecified atom stereocenters. The molecule has 0 amide bonds. The molecule has 0 bridgehead atoms. The van der Waals surface area contributed by atoms with Gasteiger partial charge in [0.2, 0.25) is 0 Å². The predicted molar refractivity (Wildman–Crippen MR) is 174 cm³/mol. The number of hydrogen-bond acceptors (Lipinski definition) is 5. The van der Waals surface area contributed by atoms with Crippen molar-refractivity contribution in [3.05, 3.63) is 108 Å². The molecular weight excluding hydrogens is 739 g/mol. The zero-order valence-electron chi connectivity index (χ0n) is 25.9. The minimum absolute atomic E-state index is 0. The van der Waals surface area contributed by atoms with E-state index in [0.717, 1.165) is 45.4 Å². The summed E-state index contributed by atoms with van der Waals surface area (Å²) in [5.74, 6) is 3.21. The number of imidazole rings is 1. The van der Waals surface area contributed by atoms with Gasteiger partial charge in [-0.1, -0.05) is 55.3 Å². The van der Waals surface area contributed by atoms with Crippen molar-refractivity contribution in [1.29, 1.82) is 0 Å². The van der Waals surface area contributed by atoms with Crippen LogP contribution in [0.1, 0.15) is 42.4 Å². The van der Waals surface area contributed by atoms with Gasteiger partial charge in [0, 0.05) is 60.7 Å². The number of aryl methyl sites for hydroxylation is 2. The first kappa shape index (κ1) is 30.8. The summed E-state index contributed by atoms with van der Waals surface area (Å²) in [7, 11) is 3.27. The van der Waals surface area contributed by atoms with E-state index >= 15 is 0 Å². The van der Waals surface area contributed by atoms with Crippen LogP contribution >= 0.6 is 0 Å². The summed E-state index contributed by atoms with van der Waals surface area (Å²) in [6.45, 7) is 5.04. The standard InChI is InChI=1S/C21H20NO3.C17H15N2.Ir/c1-23-17-9-13-5-6-14-19(15(13)10-18(17)24-2)22-11-16-20(14)25-12-21(16)7-3-4-8-21;1-13-7-6-8-14(2)16(13)19-12-11-18-17(19)15-9-4-3-5-10-15;/h5-6,9,11H,3-4,7-8,12H2,1-2H3;3-9,11-12H,1-2H3;/q2*-1;. The molecule has 4 aromatic carbocycles. The second-order valence-corrected chi connectivity index (χ2v) is 11.7. The Kier molecular flexibility index (Phi) is 8.67. The van der Waals surface area contributed by atoms with E-state index < -0.39 is 0 Å². The molecule has 2 aliphatic rings. The van der Waals surface area contributed by atoms with Crippen molar-refractivity contribution in [2.45, 2.75) is 44.9 Å². The van der Waals surface area contributed by atoms with Crippen molar-refractivity contribution in [3.63, 3.8) is 0 Å². The summed E-state index contributed by atoms with van der Waals surface area (Å²) in [4.78, 5) is 9.30. The molecule has 7 heteroatoms. The Morgan fingerprint density at radius 1 is 0.933 bits per heavy atom. The molecule has 3 heterocycles. The molecule has 8 rings (SSSR count). The minimum Gasteiger partial charge on any atom is -0.536 e. The summed E-state index contributed by atoms with van der Waals surface area (Å²) >= 11 is 0. The van der Waals surface area contributed by atoms with Gasteiger partial charge in [0.25, 0.3) is 0 Å². The van der Waals surface area contributed by atoms with E-state index in [2.05, 4.69) is 65.9 Å². The van der Waals surface area contributed by atoms with Gasteiger partial charge in [0.05, 0.1) is 38.1 Å². The smallest absolute Gasteiger partial charge is 0.124 e. The average Bonchev–Trinajstić information content (AvgIpc) is 3.82. The van der Waals surface area contributed by atoms with Gasteiger partial charge in [0.1, 0.15) is 5.75 Å². The van der Waals surface area contributed by atoms with Gasteiger partial charge in [-0.05, 0) is 43.3 Å². The maximum absolute atomic E-state index is 6.19. The number of fused-ring (bicyclic) bond motifs is 6. The number of aromatic nitrogens is 3. The van der Waals surface area contributed by atoms with Gasteiger partial charge in [-0.15, -0.1) is 46.7 Å². The van der Waals surface area contributed by atoms with Crippen molar-refractivity contribution in [2.75, 3.05) is 20.8 Å². The molecule has 0 N–H and O–H groups in total. The molecule has 231 valence electrons. The van der Waals surface area contributed by atoms with E-state index in [1.165, 1.54) is 48.1 Å². The van der Waals surface area contributed by atoms with E-state index in [4.69, 9.17) is 19.2 Å². The molecule has 1 radical (unpaired) electrons. The van der Waals surface area contributed by atoms with Crippen LogP contribution in [0.4, 0.5) is 0 Å². The van der Waals surface area contributed by atoms with Crippen LogP contribution in [0, 0.1) is 26.0 Å². The maximum Gasteiger partial charge on any atom is 0.124 e. The van der Waals surface area contributed by atoms with Gasteiger partial charge >= 0.3 is 0 Å². The van der Waals surface area contributed by atoms with Crippen molar-refractivity contribution in [1.82, 2.24) is 14.5 Å². The summed E-state index contributed by atoms with van der Waals surface area (Å²) in [6.07, 6.45) is 10.8. The van der Waals surface area contributed by atoms with Crippen LogP contribution in [-0.4, -0.2) is 35.4 Å². The van der Waals surface area contributed by atoms with Gasteiger partial charge in [0.15, 0.2) is 0 Å². The zero-order chi connectivity index (χ0) is 30.3. The fraction of sp³-hybridized carbons (Fsp3) is 0.263. The molecule has 1 spiro atoms. The Labute approximate surface area is 277 Å². The molecule has 0 atom stereocenters. The second-order valence-electron chi connectivity index (χ2n) is 11.7. The Balaban J connectivity index is 0.000000161. The average molecular weight is 774 g/mol. The first-order valence-corrected chi connectivity index (χ1v) is 15.1. The van der Waals surface area contributed by atoms with Gasteiger partial charge in [-0.25, -0.2) is 0 Å². The fourth-order valence-corrected chi connectivity index (χ4v) is 6.88. The number of benzene rings is 4. The molecule has 6 nitrogen and oxygen atoms in total. The first-order valence-electron chi connectivity index (χ1n) is 15.1. The van der Waals surface area contributed by atoms with Crippen LogP contribution < -0.4 is 14.2 Å². The third-order valence-electron chi connectivity index (χ3n) is 9.09. The minimum atomic E-state index is 0. The van der Waals surface area contributed by atoms with Crippen LogP contribution in [-0.2, 0) is 25.5 Å². The molecule has 1 aliphatic heterocycles. The second kappa shape index (κ2) is 12.7. The Morgan fingerprint density at radius 2 is 1.73 bits per heavy atom. The van der Waals surface area contributed by atoms with Crippen LogP contribution in [0.5, 0.6) is 17.2 Å². The molecule has 45 heavy (non-hydrogen) atoms. The Bertz CT molecular complexity index is 1960. The third kappa shape index (κ3) is 5.38. The molecule has 0 saturated heterocycles. The summed E-state index contributed by atoms with van der Waals surface area (Å²) in [5.41, 5.74) is 7.09. The van der Waals surface area contributed by atoms with Crippen LogP contribution in [0.25, 0.3) is 38.8 Å². The van der Waals surface area contributed by atoms with Crippen molar-refractivity contribution >= 4 is 21.7 Å². The predicted octanol–water partition coefficient (Wildman–Crippen LogP) is 8.36. The topological polar surface area (TPSA) is 58.4 Å². The fourth-order valence-electron chi connectivity index (χ4n) is 6.88. The van der Waals surface area contributed by atoms with Crippen molar-refractivity contribution < 1.29 is 34.3 Å². The van der Waals surface area contributed by atoms with Gasteiger partial charge in [-0.2, -0.15) is 0 Å². The number of methoxy groups -OCH3 is 2. The summed E-state index contributed by atoms with van der Waals surface area (Å²) < 4.78 is 19.1. The van der Waals surface area contributed by atoms with E-state index in [9.17, 15) is 0 Å². The van der Waals surface area contributed by atoms with Gasteiger partial charge < -0.3 is 23.8 Å².